The Labute approximate surface area is 365 Å². The number of aryl methyl sites for hydroxylation is 1. The van der Waals surface area contributed by atoms with Crippen molar-refractivity contribution in [3.05, 3.63) is 99.8 Å². The van der Waals surface area contributed by atoms with Gasteiger partial charge in [-0.15, -0.1) is 0 Å². The number of nitrogens with one attached hydrogen (secondary N) is 2. The van der Waals surface area contributed by atoms with Crippen LogP contribution in [0.4, 0.5) is 10.3 Å². The van der Waals surface area contributed by atoms with E-state index in [-0.39, 0.29) is 35.8 Å². The van der Waals surface area contributed by atoms with Gasteiger partial charge in [-0.1, -0.05) is 48.0 Å². The average Bonchev–Trinajstić information content (AvgIpc) is 3.54. The third kappa shape index (κ3) is 8.92. The standard InChI is InChI=1S/C48H54ClFN8O4/c1-55-42-28-35(11-14-40(42)58(48(55)62)41-15-16-43(59)53-45(41)60)32-18-23-56(24-19-32)22-17-30-5-7-33(8-6-30)46(61)57-25-20-38(21-26-57)52-47-51-29-39(49)44(54-47)36-4-2-3-34(27-36)31-9-12-37(50)13-10-31/h2-4,9-14,27-30,32-33,38,41H,5-8,15-26H2,1H3,(H,51,52,54)(H,53,59,60)/t30-,33-,41?. The number of hydrogen-bond acceptors (Lipinski definition) is 8. The lowest BCUT2D eigenvalue weighted by atomic mass is 9.79. The van der Waals surface area contributed by atoms with Gasteiger partial charge in [0.05, 0.1) is 27.9 Å². The van der Waals surface area contributed by atoms with E-state index in [0.29, 0.717) is 53.9 Å². The van der Waals surface area contributed by atoms with Gasteiger partial charge in [-0.3, -0.25) is 28.8 Å². The maximum Gasteiger partial charge on any atom is 0.329 e. The van der Waals surface area contributed by atoms with Crippen molar-refractivity contribution in [2.75, 3.05) is 38.0 Å². The molecular formula is C48H54ClFN8O4. The van der Waals surface area contributed by atoms with Crippen LogP contribution < -0.4 is 16.3 Å². The highest BCUT2D eigenvalue weighted by atomic mass is 35.5. The van der Waals surface area contributed by atoms with Crippen LogP contribution in [0.2, 0.25) is 5.02 Å². The minimum absolute atomic E-state index is 0.108. The quantitative estimate of drug-likeness (QED) is 0.137. The molecule has 1 atom stereocenters. The number of halogens is 2. The first-order valence-corrected chi connectivity index (χ1v) is 22.7. The number of anilines is 1. The fourth-order valence-electron chi connectivity index (χ4n) is 10.2. The number of likely N-dealkylation sites (tertiary alicyclic amines) is 2. The molecule has 1 saturated carbocycles. The second kappa shape index (κ2) is 18.1. The summed E-state index contributed by atoms with van der Waals surface area (Å²) in [5.41, 5.74) is 5.86. The van der Waals surface area contributed by atoms with E-state index in [1.807, 2.05) is 30.3 Å². The van der Waals surface area contributed by atoms with Crippen LogP contribution in [0.25, 0.3) is 33.4 Å². The minimum atomic E-state index is -0.678. The van der Waals surface area contributed by atoms with Crippen LogP contribution in [0, 0.1) is 17.7 Å². The maximum atomic E-state index is 13.7. The van der Waals surface area contributed by atoms with Gasteiger partial charge >= 0.3 is 5.69 Å². The number of aromatic nitrogens is 4. The Hall–Kier alpha value is -5.40. The Morgan fingerprint density at radius 1 is 0.839 bits per heavy atom. The van der Waals surface area contributed by atoms with Crippen molar-refractivity contribution in [2.24, 2.45) is 18.9 Å². The molecule has 0 bridgehead atoms. The molecule has 12 nitrogen and oxygen atoms in total. The van der Waals surface area contributed by atoms with Crippen molar-refractivity contribution in [3.63, 3.8) is 0 Å². The van der Waals surface area contributed by atoms with Crippen LogP contribution >= 0.6 is 11.6 Å². The normalized spacial score (nSPS) is 21.9. The minimum Gasteiger partial charge on any atom is -0.351 e. The summed E-state index contributed by atoms with van der Waals surface area (Å²) in [6.45, 7) is 4.59. The molecule has 2 aromatic heterocycles. The van der Waals surface area contributed by atoms with E-state index in [1.165, 1.54) is 24.1 Å². The smallest absolute Gasteiger partial charge is 0.329 e. The Bertz CT molecular complexity index is 2520. The van der Waals surface area contributed by atoms with Crippen molar-refractivity contribution in [1.29, 1.82) is 0 Å². The first-order valence-electron chi connectivity index (χ1n) is 22.3. The summed E-state index contributed by atoms with van der Waals surface area (Å²) in [6, 6.07) is 20.0. The number of amides is 3. The molecule has 4 fully saturated rings. The topological polar surface area (TPSA) is 134 Å². The van der Waals surface area contributed by atoms with E-state index in [0.717, 1.165) is 98.7 Å². The average molecular weight is 861 g/mol. The first kappa shape index (κ1) is 41.9. The third-order valence-electron chi connectivity index (χ3n) is 13.9. The lowest BCUT2D eigenvalue weighted by molar-refractivity contribution is -0.138. The Morgan fingerprint density at radius 2 is 1.58 bits per heavy atom. The summed E-state index contributed by atoms with van der Waals surface area (Å²) in [6.07, 6.45) is 11.2. The summed E-state index contributed by atoms with van der Waals surface area (Å²) in [7, 11) is 1.75. The second-order valence-electron chi connectivity index (χ2n) is 17.8. The third-order valence-corrected chi connectivity index (χ3v) is 14.2. The zero-order chi connectivity index (χ0) is 42.9. The number of imidazole rings is 1. The first-order chi connectivity index (χ1) is 30.1. The van der Waals surface area contributed by atoms with Gasteiger partial charge in [-0.05, 0) is 143 Å². The van der Waals surface area contributed by atoms with E-state index < -0.39 is 11.9 Å². The van der Waals surface area contributed by atoms with Crippen LogP contribution in [0.3, 0.4) is 0 Å². The summed E-state index contributed by atoms with van der Waals surface area (Å²) < 4.78 is 16.7. The molecule has 9 rings (SSSR count). The number of carbonyl (C=O) groups is 3. The SMILES string of the molecule is Cn1c(=O)n(C2CCC(=O)NC2=O)c2ccc(C3CCN(CC[C@H]4CC[C@H](C(=O)N5CCC(Nc6ncc(Cl)c(-c7cccc(-c8ccc(F)cc8)c7)n6)CC5)CC4)CC3)cc21. The van der Waals surface area contributed by atoms with Crippen LogP contribution in [-0.2, 0) is 21.4 Å². The van der Waals surface area contributed by atoms with E-state index in [4.69, 9.17) is 16.6 Å². The largest absolute Gasteiger partial charge is 0.351 e. The Balaban J connectivity index is 0.706. The zero-order valence-corrected chi connectivity index (χ0v) is 36.0. The summed E-state index contributed by atoms with van der Waals surface area (Å²) in [4.78, 5) is 65.1. The molecule has 3 amide bonds. The number of fused-ring (bicyclic) bond motifs is 1. The molecule has 3 aromatic carbocycles. The number of nitrogens with zero attached hydrogens (tertiary/aromatic N) is 6. The molecule has 2 N–H and O–H groups in total. The molecule has 62 heavy (non-hydrogen) atoms. The van der Waals surface area contributed by atoms with Gasteiger partial charge in [-0.25, -0.2) is 19.2 Å². The fraction of sp³-hybridized carbons (Fsp3) is 0.458. The monoisotopic (exact) mass is 860 g/mol. The van der Waals surface area contributed by atoms with E-state index in [2.05, 4.69) is 37.6 Å². The Morgan fingerprint density at radius 3 is 2.32 bits per heavy atom. The van der Waals surface area contributed by atoms with Crippen LogP contribution in [-0.4, -0.2) is 85.4 Å². The predicted molar refractivity (Wildman–Crippen MR) is 238 cm³/mol. The van der Waals surface area contributed by atoms with Gasteiger partial charge in [0.1, 0.15) is 11.9 Å². The molecule has 1 aliphatic carbocycles. The molecule has 0 radical (unpaired) electrons. The van der Waals surface area contributed by atoms with Gasteiger partial charge in [0.2, 0.25) is 23.7 Å². The molecule has 1 unspecified atom stereocenters. The maximum absolute atomic E-state index is 13.7. The van der Waals surface area contributed by atoms with Crippen molar-refractivity contribution in [3.8, 4) is 22.4 Å². The van der Waals surface area contributed by atoms with Crippen molar-refractivity contribution < 1.29 is 18.8 Å². The van der Waals surface area contributed by atoms with Crippen molar-refractivity contribution in [1.82, 2.24) is 34.2 Å². The number of rotatable bonds is 10. The van der Waals surface area contributed by atoms with Gasteiger partial charge < -0.3 is 15.1 Å². The number of carbonyl (C=O) groups excluding carboxylic acids is 3. The molecule has 5 aromatic rings. The van der Waals surface area contributed by atoms with E-state index in [1.54, 1.807) is 34.5 Å². The summed E-state index contributed by atoms with van der Waals surface area (Å²) in [5, 5.41) is 6.33. The lowest BCUT2D eigenvalue weighted by Crippen LogP contribution is -2.45. The zero-order valence-electron chi connectivity index (χ0n) is 35.2. The van der Waals surface area contributed by atoms with Gasteiger partial charge in [-0.2, -0.15) is 0 Å². The predicted octanol–water partition coefficient (Wildman–Crippen LogP) is 7.71. The molecule has 5 heterocycles. The number of hydrogen-bond donors (Lipinski definition) is 2. The van der Waals surface area contributed by atoms with E-state index >= 15 is 0 Å². The van der Waals surface area contributed by atoms with Crippen LogP contribution in [0.5, 0.6) is 0 Å². The van der Waals surface area contributed by atoms with Gasteiger partial charge in [0.15, 0.2) is 0 Å². The molecule has 4 aliphatic rings. The Kier molecular flexibility index (Phi) is 12.3. The van der Waals surface area contributed by atoms with Crippen molar-refractivity contribution >= 4 is 46.3 Å². The van der Waals surface area contributed by atoms with Crippen molar-refractivity contribution in [2.45, 2.75) is 88.6 Å². The fourth-order valence-corrected chi connectivity index (χ4v) is 10.4. The number of benzene rings is 3. The molecule has 3 saturated heterocycles. The van der Waals surface area contributed by atoms with Crippen LogP contribution in [0.15, 0.2) is 77.7 Å². The molecule has 324 valence electrons. The molecule has 0 spiro atoms. The molecular weight excluding hydrogens is 807 g/mol. The number of piperidine rings is 3. The molecule has 3 aliphatic heterocycles. The lowest BCUT2D eigenvalue weighted by Gasteiger charge is -2.37. The second-order valence-corrected chi connectivity index (χ2v) is 18.2. The number of imide groups is 1. The van der Waals surface area contributed by atoms with Gasteiger partial charge in [0, 0.05) is 44.1 Å². The van der Waals surface area contributed by atoms with E-state index in [9.17, 15) is 23.6 Å². The highest BCUT2D eigenvalue weighted by Gasteiger charge is 2.34. The summed E-state index contributed by atoms with van der Waals surface area (Å²) >= 11 is 6.58. The highest BCUT2D eigenvalue weighted by molar-refractivity contribution is 6.33. The summed E-state index contributed by atoms with van der Waals surface area (Å²) in [5.74, 6) is 1.01. The highest BCUT2D eigenvalue weighted by Crippen LogP contribution is 2.36. The van der Waals surface area contributed by atoms with Gasteiger partial charge in [0.25, 0.3) is 0 Å². The molecule has 14 heteroatoms. The van der Waals surface area contributed by atoms with Crippen LogP contribution in [0.1, 0.15) is 88.2 Å².